The summed E-state index contributed by atoms with van der Waals surface area (Å²) in [5, 5.41) is 7.18. The molecule has 2 rings (SSSR count). The molecule has 0 radical (unpaired) electrons. The number of carbonyl (C=O) groups is 1. The van der Waals surface area contributed by atoms with E-state index in [0.29, 0.717) is 24.3 Å². The number of para-hydroxylation sites is 2. The lowest BCUT2D eigenvalue weighted by atomic mass is 10.2. The third kappa shape index (κ3) is 3.19. The first-order chi connectivity index (χ1) is 9.49. The van der Waals surface area contributed by atoms with Crippen molar-refractivity contribution in [1.29, 1.82) is 0 Å². The van der Waals surface area contributed by atoms with Crippen LogP contribution in [-0.2, 0) is 11.3 Å². The molecule has 5 nitrogen and oxygen atoms in total. The van der Waals surface area contributed by atoms with Crippen LogP contribution in [-0.4, -0.2) is 15.7 Å². The second-order valence-electron chi connectivity index (χ2n) is 4.59. The van der Waals surface area contributed by atoms with Gasteiger partial charge in [-0.3, -0.25) is 9.48 Å². The van der Waals surface area contributed by atoms with Crippen LogP contribution >= 0.6 is 15.9 Å². The van der Waals surface area contributed by atoms with E-state index in [4.69, 9.17) is 5.73 Å². The quantitative estimate of drug-likeness (QED) is 0.843. The highest BCUT2D eigenvalue weighted by molar-refractivity contribution is 9.10. The molecule has 0 fully saturated rings. The number of rotatable bonds is 4. The zero-order valence-corrected chi connectivity index (χ0v) is 13.1. The van der Waals surface area contributed by atoms with E-state index in [1.54, 1.807) is 12.1 Å². The summed E-state index contributed by atoms with van der Waals surface area (Å²) in [7, 11) is 0. The number of aryl methyl sites for hydroxylation is 2. The molecule has 6 heteroatoms. The molecule has 0 spiro atoms. The summed E-state index contributed by atoms with van der Waals surface area (Å²) in [4.78, 5) is 11.9. The SMILES string of the molecule is Cc1nn(CCC(=O)Nc2ccccc2N)c(C)c1Br. The van der Waals surface area contributed by atoms with Crippen molar-refractivity contribution in [1.82, 2.24) is 9.78 Å². The van der Waals surface area contributed by atoms with Crippen LogP contribution in [0.3, 0.4) is 0 Å². The van der Waals surface area contributed by atoms with Crippen molar-refractivity contribution in [2.75, 3.05) is 11.1 Å². The Balaban J connectivity index is 1.96. The van der Waals surface area contributed by atoms with Gasteiger partial charge in [0.2, 0.25) is 5.91 Å². The molecular formula is C14H17BrN4O. The van der Waals surface area contributed by atoms with Gasteiger partial charge >= 0.3 is 0 Å². The number of hydrogen-bond acceptors (Lipinski definition) is 3. The molecule has 0 unspecified atom stereocenters. The zero-order valence-electron chi connectivity index (χ0n) is 11.5. The van der Waals surface area contributed by atoms with Crippen LogP contribution in [0.4, 0.5) is 11.4 Å². The molecule has 20 heavy (non-hydrogen) atoms. The first kappa shape index (κ1) is 14.6. The fourth-order valence-corrected chi connectivity index (χ4v) is 2.21. The predicted molar refractivity (Wildman–Crippen MR) is 83.5 cm³/mol. The number of nitrogens with two attached hydrogens (primary N) is 1. The van der Waals surface area contributed by atoms with Crippen LogP contribution in [0.5, 0.6) is 0 Å². The molecule has 2 aromatic rings. The average Bonchev–Trinajstić information content (AvgIpc) is 2.66. The first-order valence-corrected chi connectivity index (χ1v) is 7.12. The highest BCUT2D eigenvalue weighted by Crippen LogP contribution is 2.20. The molecule has 106 valence electrons. The van der Waals surface area contributed by atoms with Crippen LogP contribution in [0.2, 0.25) is 0 Å². The number of halogens is 1. The Morgan fingerprint density at radius 2 is 2.10 bits per heavy atom. The number of aromatic nitrogens is 2. The average molecular weight is 337 g/mol. The second-order valence-corrected chi connectivity index (χ2v) is 5.39. The van der Waals surface area contributed by atoms with Gasteiger partial charge in [0.25, 0.3) is 0 Å². The van der Waals surface area contributed by atoms with Gasteiger partial charge in [0, 0.05) is 12.1 Å². The Bertz CT molecular complexity index is 636. The summed E-state index contributed by atoms with van der Waals surface area (Å²) in [5.74, 6) is -0.0772. The molecule has 1 aromatic carbocycles. The van der Waals surface area contributed by atoms with E-state index >= 15 is 0 Å². The maximum Gasteiger partial charge on any atom is 0.226 e. The van der Waals surface area contributed by atoms with E-state index < -0.39 is 0 Å². The van der Waals surface area contributed by atoms with Crippen LogP contribution in [0.1, 0.15) is 17.8 Å². The van der Waals surface area contributed by atoms with Gasteiger partial charge in [-0.2, -0.15) is 5.10 Å². The number of carbonyl (C=O) groups excluding carboxylic acids is 1. The van der Waals surface area contributed by atoms with Crippen molar-refractivity contribution in [2.45, 2.75) is 26.8 Å². The van der Waals surface area contributed by atoms with E-state index in [1.165, 1.54) is 0 Å². The lowest BCUT2D eigenvalue weighted by Crippen LogP contribution is -2.16. The summed E-state index contributed by atoms with van der Waals surface area (Å²) < 4.78 is 2.82. The van der Waals surface area contributed by atoms with Crippen molar-refractivity contribution in [3.63, 3.8) is 0 Å². The molecule has 0 saturated heterocycles. The monoisotopic (exact) mass is 336 g/mol. The number of nitrogen functional groups attached to an aromatic ring is 1. The van der Waals surface area contributed by atoms with E-state index in [0.717, 1.165) is 15.9 Å². The van der Waals surface area contributed by atoms with Gasteiger partial charge < -0.3 is 11.1 Å². The zero-order chi connectivity index (χ0) is 14.7. The van der Waals surface area contributed by atoms with Crippen LogP contribution < -0.4 is 11.1 Å². The predicted octanol–water partition coefficient (Wildman–Crippen LogP) is 2.87. The molecular weight excluding hydrogens is 320 g/mol. The molecule has 0 bridgehead atoms. The lowest BCUT2D eigenvalue weighted by Gasteiger charge is -2.08. The summed E-state index contributed by atoms with van der Waals surface area (Å²) >= 11 is 3.47. The van der Waals surface area contributed by atoms with E-state index in [1.807, 2.05) is 30.7 Å². The number of nitrogens with zero attached hydrogens (tertiary/aromatic N) is 2. The summed E-state index contributed by atoms with van der Waals surface area (Å²) in [6.45, 7) is 4.44. The molecule has 0 aliphatic carbocycles. The minimum Gasteiger partial charge on any atom is -0.397 e. The van der Waals surface area contributed by atoms with Crippen molar-refractivity contribution in [3.8, 4) is 0 Å². The number of anilines is 2. The van der Waals surface area contributed by atoms with E-state index in [2.05, 4.69) is 26.3 Å². The standard InChI is InChI=1S/C14H17BrN4O/c1-9-14(15)10(2)19(18-9)8-7-13(20)17-12-6-4-3-5-11(12)16/h3-6H,7-8,16H2,1-2H3,(H,17,20). The minimum atomic E-state index is -0.0772. The fraction of sp³-hybridized carbons (Fsp3) is 0.286. The van der Waals surface area contributed by atoms with Gasteiger partial charge in [0.1, 0.15) is 0 Å². The molecule has 0 aliphatic heterocycles. The molecule has 0 aliphatic rings. The highest BCUT2D eigenvalue weighted by atomic mass is 79.9. The molecule has 1 amide bonds. The summed E-state index contributed by atoms with van der Waals surface area (Å²) in [6, 6.07) is 7.21. The third-order valence-electron chi connectivity index (χ3n) is 3.08. The van der Waals surface area contributed by atoms with Gasteiger partial charge in [-0.05, 0) is 41.9 Å². The molecule has 0 saturated carbocycles. The second kappa shape index (κ2) is 6.09. The highest BCUT2D eigenvalue weighted by Gasteiger charge is 2.10. The largest absolute Gasteiger partial charge is 0.397 e. The summed E-state index contributed by atoms with van der Waals surface area (Å²) in [5.41, 5.74) is 8.94. The van der Waals surface area contributed by atoms with Gasteiger partial charge in [-0.25, -0.2) is 0 Å². The van der Waals surface area contributed by atoms with Crippen LogP contribution in [0.15, 0.2) is 28.7 Å². The Kier molecular flexibility index (Phi) is 4.44. The van der Waals surface area contributed by atoms with E-state index in [-0.39, 0.29) is 5.91 Å². The Labute approximate surface area is 126 Å². The maximum atomic E-state index is 11.9. The van der Waals surface area contributed by atoms with Gasteiger partial charge in [-0.1, -0.05) is 12.1 Å². The number of benzene rings is 1. The molecule has 1 aromatic heterocycles. The van der Waals surface area contributed by atoms with Crippen molar-refractivity contribution in [2.24, 2.45) is 0 Å². The normalized spacial score (nSPS) is 10.6. The topological polar surface area (TPSA) is 72.9 Å². The van der Waals surface area contributed by atoms with Crippen LogP contribution in [0.25, 0.3) is 0 Å². The third-order valence-corrected chi connectivity index (χ3v) is 4.23. The summed E-state index contributed by atoms with van der Waals surface area (Å²) in [6.07, 6.45) is 0.350. The molecule has 1 heterocycles. The number of hydrogen-bond donors (Lipinski definition) is 2. The Hall–Kier alpha value is -1.82. The fourth-order valence-electron chi connectivity index (χ4n) is 1.92. The van der Waals surface area contributed by atoms with Gasteiger partial charge in [-0.15, -0.1) is 0 Å². The van der Waals surface area contributed by atoms with Crippen LogP contribution in [0, 0.1) is 13.8 Å². The van der Waals surface area contributed by atoms with Crippen molar-refractivity contribution < 1.29 is 4.79 Å². The minimum absolute atomic E-state index is 0.0772. The van der Waals surface area contributed by atoms with Gasteiger partial charge in [0.05, 0.1) is 28.1 Å². The number of nitrogens with one attached hydrogen (secondary N) is 1. The Morgan fingerprint density at radius 3 is 2.70 bits per heavy atom. The maximum absolute atomic E-state index is 11.9. The first-order valence-electron chi connectivity index (χ1n) is 6.33. The lowest BCUT2D eigenvalue weighted by molar-refractivity contribution is -0.116. The molecule has 3 N–H and O–H groups in total. The van der Waals surface area contributed by atoms with Gasteiger partial charge in [0.15, 0.2) is 0 Å². The van der Waals surface area contributed by atoms with E-state index in [9.17, 15) is 4.79 Å². The van der Waals surface area contributed by atoms with Crippen molar-refractivity contribution >= 4 is 33.2 Å². The Morgan fingerprint density at radius 1 is 1.40 bits per heavy atom. The number of amides is 1. The smallest absolute Gasteiger partial charge is 0.226 e. The van der Waals surface area contributed by atoms with Crippen molar-refractivity contribution in [3.05, 3.63) is 40.1 Å². The molecule has 0 atom stereocenters.